The van der Waals surface area contributed by atoms with Crippen molar-refractivity contribution in [1.29, 1.82) is 0 Å². The van der Waals surface area contributed by atoms with Gasteiger partial charge in [0.25, 0.3) is 0 Å². The number of hydrogen-bond donors (Lipinski definition) is 0. The highest BCUT2D eigenvalue weighted by molar-refractivity contribution is 6.12. The Morgan fingerprint density at radius 2 is 1.60 bits per heavy atom. The number of rotatable bonds is 5. The van der Waals surface area contributed by atoms with Gasteiger partial charge in [0.2, 0.25) is 0 Å². The fourth-order valence-corrected chi connectivity index (χ4v) is 2.03. The first-order chi connectivity index (χ1) is 9.65. The van der Waals surface area contributed by atoms with Crippen LogP contribution < -0.4 is 5.01 Å². The van der Waals surface area contributed by atoms with Gasteiger partial charge in [0.1, 0.15) is 0 Å². The summed E-state index contributed by atoms with van der Waals surface area (Å²) in [5.41, 5.74) is 1.60. The maximum Gasteiger partial charge on any atom is 0.195 e. The van der Waals surface area contributed by atoms with E-state index in [1.54, 1.807) is 36.4 Å². The number of anilines is 1. The number of carbonyl (C=O) groups excluding carboxylic acids is 1. The van der Waals surface area contributed by atoms with Gasteiger partial charge in [0.15, 0.2) is 5.78 Å². The Labute approximate surface area is 118 Å². The number of ketones is 1. The highest BCUT2D eigenvalue weighted by atomic mass is 16.3. The van der Waals surface area contributed by atoms with Gasteiger partial charge >= 0.3 is 0 Å². The minimum Gasteiger partial charge on any atom is -0.289 e. The third-order valence-electron chi connectivity index (χ3n) is 3.01. The molecule has 0 radical (unpaired) electrons. The highest BCUT2D eigenvalue weighted by Gasteiger charge is 2.19. The molecule has 0 fully saturated rings. The molecule has 0 aromatic heterocycles. The number of benzene rings is 2. The van der Waals surface area contributed by atoms with Crippen molar-refractivity contribution < 1.29 is 4.79 Å². The molecule has 0 saturated carbocycles. The highest BCUT2D eigenvalue weighted by Crippen LogP contribution is 2.25. The molecule has 2 aromatic carbocycles. The fraction of sp³-hybridized carbons (Fsp3) is 0.188. The van der Waals surface area contributed by atoms with Crippen molar-refractivity contribution in [3.05, 3.63) is 70.6 Å². The third-order valence-corrected chi connectivity index (χ3v) is 3.01. The topological polar surface area (TPSA) is 49.7 Å². The van der Waals surface area contributed by atoms with Crippen molar-refractivity contribution in [3.63, 3.8) is 0 Å². The first kappa shape index (κ1) is 13.9. The molecule has 0 unspecified atom stereocenters. The lowest BCUT2D eigenvalue weighted by Gasteiger charge is -2.21. The minimum atomic E-state index is -0.115. The normalized spacial score (nSPS) is 10.3. The van der Waals surface area contributed by atoms with Gasteiger partial charge in [-0.1, -0.05) is 42.5 Å². The van der Waals surface area contributed by atoms with Gasteiger partial charge in [0, 0.05) is 11.1 Å². The Bertz CT molecular complexity index is 609. The molecular weight excluding hydrogens is 252 g/mol. The van der Waals surface area contributed by atoms with Crippen LogP contribution in [0.2, 0.25) is 0 Å². The molecule has 0 aliphatic heterocycles. The molecular formula is C16H16N2O2. The third kappa shape index (κ3) is 2.74. The van der Waals surface area contributed by atoms with E-state index in [0.717, 1.165) is 0 Å². The van der Waals surface area contributed by atoms with Gasteiger partial charge in [-0.25, -0.2) is 5.01 Å². The predicted octanol–water partition coefficient (Wildman–Crippen LogP) is 3.81. The summed E-state index contributed by atoms with van der Waals surface area (Å²) in [7, 11) is 0. The maximum absolute atomic E-state index is 12.5. The fourth-order valence-electron chi connectivity index (χ4n) is 2.03. The van der Waals surface area contributed by atoms with Gasteiger partial charge in [-0.15, -0.1) is 4.91 Å². The van der Waals surface area contributed by atoms with Gasteiger partial charge in [-0.05, 0) is 26.0 Å². The quantitative estimate of drug-likeness (QED) is 0.470. The van der Waals surface area contributed by atoms with Crippen LogP contribution >= 0.6 is 0 Å². The van der Waals surface area contributed by atoms with Crippen molar-refractivity contribution in [3.8, 4) is 0 Å². The van der Waals surface area contributed by atoms with E-state index in [9.17, 15) is 9.70 Å². The van der Waals surface area contributed by atoms with Crippen LogP contribution in [0.15, 0.2) is 59.9 Å². The molecule has 2 rings (SSSR count). The van der Waals surface area contributed by atoms with Gasteiger partial charge in [-0.3, -0.25) is 4.79 Å². The smallest absolute Gasteiger partial charge is 0.195 e. The second-order valence-corrected chi connectivity index (χ2v) is 4.73. The van der Waals surface area contributed by atoms with Crippen LogP contribution in [0.4, 0.5) is 5.69 Å². The summed E-state index contributed by atoms with van der Waals surface area (Å²) >= 11 is 0. The van der Waals surface area contributed by atoms with Gasteiger partial charge in [0.05, 0.1) is 17.0 Å². The molecule has 20 heavy (non-hydrogen) atoms. The van der Waals surface area contributed by atoms with Gasteiger partial charge < -0.3 is 0 Å². The predicted molar refractivity (Wildman–Crippen MR) is 79.7 cm³/mol. The molecule has 0 aliphatic carbocycles. The molecule has 2 aromatic rings. The SMILES string of the molecule is CC(C)N(N=O)c1ccccc1C(=O)c1ccccc1. The van der Waals surface area contributed by atoms with Crippen molar-refractivity contribution >= 4 is 11.5 Å². The van der Waals surface area contributed by atoms with E-state index in [4.69, 9.17) is 0 Å². The molecule has 0 amide bonds. The van der Waals surface area contributed by atoms with E-state index in [1.807, 2.05) is 32.0 Å². The lowest BCUT2D eigenvalue weighted by Crippen LogP contribution is -2.26. The molecule has 0 saturated heterocycles. The van der Waals surface area contributed by atoms with Crippen molar-refractivity contribution in [2.45, 2.75) is 19.9 Å². The second-order valence-electron chi connectivity index (χ2n) is 4.73. The van der Waals surface area contributed by atoms with Crippen molar-refractivity contribution in [1.82, 2.24) is 0 Å². The summed E-state index contributed by atoms with van der Waals surface area (Å²) in [5.74, 6) is -0.115. The van der Waals surface area contributed by atoms with Crippen molar-refractivity contribution in [2.24, 2.45) is 5.29 Å². The van der Waals surface area contributed by atoms with Crippen LogP contribution in [0.3, 0.4) is 0 Å². The molecule has 0 atom stereocenters. The lowest BCUT2D eigenvalue weighted by molar-refractivity contribution is 0.103. The molecule has 0 bridgehead atoms. The van der Waals surface area contributed by atoms with E-state index < -0.39 is 0 Å². The Balaban J connectivity index is 2.48. The first-order valence-corrected chi connectivity index (χ1v) is 6.46. The van der Waals surface area contributed by atoms with Crippen LogP contribution in [-0.2, 0) is 0 Å². The lowest BCUT2D eigenvalue weighted by atomic mass is 10.0. The van der Waals surface area contributed by atoms with E-state index in [1.165, 1.54) is 5.01 Å². The molecule has 4 nitrogen and oxygen atoms in total. The van der Waals surface area contributed by atoms with Crippen molar-refractivity contribution in [2.75, 3.05) is 5.01 Å². The van der Waals surface area contributed by atoms with E-state index >= 15 is 0 Å². The summed E-state index contributed by atoms with van der Waals surface area (Å²) in [6.45, 7) is 3.70. The summed E-state index contributed by atoms with van der Waals surface area (Å²) in [5, 5.41) is 4.34. The number of nitroso groups, excluding NO2 is 1. The zero-order chi connectivity index (χ0) is 14.5. The average Bonchev–Trinajstić information content (AvgIpc) is 2.48. The van der Waals surface area contributed by atoms with E-state index in [2.05, 4.69) is 5.29 Å². The van der Waals surface area contributed by atoms with Gasteiger partial charge in [-0.2, -0.15) is 0 Å². The molecule has 102 valence electrons. The Kier molecular flexibility index (Phi) is 4.25. The van der Waals surface area contributed by atoms with Crippen LogP contribution in [0.25, 0.3) is 0 Å². The Hall–Kier alpha value is -2.49. The molecule has 4 heteroatoms. The monoisotopic (exact) mass is 268 g/mol. The number of nitrogens with zero attached hydrogens (tertiary/aromatic N) is 2. The van der Waals surface area contributed by atoms with Crippen LogP contribution in [0, 0.1) is 4.91 Å². The summed E-state index contributed by atoms with van der Waals surface area (Å²) in [6, 6.07) is 15.9. The first-order valence-electron chi connectivity index (χ1n) is 6.46. The standard InChI is InChI=1S/C16H16N2O2/c1-12(2)18(17-20)15-11-7-6-10-14(15)16(19)13-8-4-3-5-9-13/h3-12H,1-2H3. The van der Waals surface area contributed by atoms with Crippen LogP contribution in [0.1, 0.15) is 29.8 Å². The Morgan fingerprint density at radius 1 is 1.00 bits per heavy atom. The number of para-hydroxylation sites is 1. The number of carbonyl (C=O) groups is 1. The summed E-state index contributed by atoms with van der Waals surface area (Å²) in [4.78, 5) is 23.6. The van der Waals surface area contributed by atoms with Crippen LogP contribution in [-0.4, -0.2) is 11.8 Å². The molecule has 0 N–H and O–H groups in total. The second kappa shape index (κ2) is 6.10. The Morgan fingerprint density at radius 3 is 2.20 bits per heavy atom. The maximum atomic E-state index is 12.5. The molecule has 0 spiro atoms. The number of hydrogen-bond acceptors (Lipinski definition) is 3. The zero-order valence-electron chi connectivity index (χ0n) is 11.5. The largest absolute Gasteiger partial charge is 0.289 e. The van der Waals surface area contributed by atoms with Crippen LogP contribution in [0.5, 0.6) is 0 Å². The summed E-state index contributed by atoms with van der Waals surface area (Å²) < 4.78 is 0. The van der Waals surface area contributed by atoms with E-state index in [-0.39, 0.29) is 11.8 Å². The molecule has 0 heterocycles. The molecule has 0 aliphatic rings. The average molecular weight is 268 g/mol. The summed E-state index contributed by atoms with van der Waals surface area (Å²) in [6.07, 6.45) is 0. The minimum absolute atomic E-state index is 0.114. The van der Waals surface area contributed by atoms with E-state index in [0.29, 0.717) is 16.8 Å². The zero-order valence-corrected chi connectivity index (χ0v) is 11.5.